The van der Waals surface area contributed by atoms with E-state index in [1.165, 1.54) is 18.4 Å². The van der Waals surface area contributed by atoms with Crippen LogP contribution in [0.25, 0.3) is 0 Å². The molecule has 4 rings (SSSR count). The molecule has 1 aliphatic heterocycles. The normalized spacial score (nSPS) is 18.2. The van der Waals surface area contributed by atoms with Gasteiger partial charge in [0.05, 0.1) is 13.2 Å². The molecule has 0 aromatic heterocycles. The van der Waals surface area contributed by atoms with Crippen LogP contribution in [0, 0.1) is 12.8 Å². The van der Waals surface area contributed by atoms with E-state index in [9.17, 15) is 9.59 Å². The average Bonchev–Trinajstić information content (AvgIpc) is 3.37. The van der Waals surface area contributed by atoms with E-state index >= 15 is 0 Å². The molecule has 0 radical (unpaired) electrons. The van der Waals surface area contributed by atoms with Crippen molar-refractivity contribution >= 4 is 11.8 Å². The number of benzene rings is 2. The lowest BCUT2D eigenvalue weighted by atomic mass is 9.94. The summed E-state index contributed by atoms with van der Waals surface area (Å²) in [4.78, 5) is 30.5. The number of carbonyl (C=O) groups excluding carboxylic acids is 2. The van der Waals surface area contributed by atoms with Crippen LogP contribution < -0.4 is 10.1 Å². The van der Waals surface area contributed by atoms with Gasteiger partial charge in [-0.15, -0.1) is 0 Å². The Labute approximate surface area is 196 Å². The Kier molecular flexibility index (Phi) is 7.65. The average molecular weight is 450 g/mol. The highest BCUT2D eigenvalue weighted by atomic mass is 16.5. The lowest BCUT2D eigenvalue weighted by Crippen LogP contribution is -2.57. The van der Waals surface area contributed by atoms with Crippen molar-refractivity contribution in [3.05, 3.63) is 65.2 Å². The minimum Gasteiger partial charge on any atom is -0.497 e. The zero-order chi connectivity index (χ0) is 23.2. The van der Waals surface area contributed by atoms with Crippen LogP contribution in [0.4, 0.5) is 0 Å². The number of carbonyl (C=O) groups is 2. The molecule has 33 heavy (non-hydrogen) atoms. The number of hydrogen-bond donors (Lipinski definition) is 1. The zero-order valence-electron chi connectivity index (χ0n) is 19.8. The highest BCUT2D eigenvalue weighted by Gasteiger charge is 2.37. The van der Waals surface area contributed by atoms with E-state index in [1.807, 2.05) is 29.2 Å². The number of hydrogen-bond acceptors (Lipinski definition) is 4. The Morgan fingerprint density at radius 3 is 2.45 bits per heavy atom. The summed E-state index contributed by atoms with van der Waals surface area (Å²) in [6.45, 7) is 5.31. The van der Waals surface area contributed by atoms with Gasteiger partial charge in [-0.2, -0.15) is 0 Å². The van der Waals surface area contributed by atoms with Crippen LogP contribution in [-0.4, -0.2) is 60.9 Å². The first-order valence-electron chi connectivity index (χ1n) is 12.1. The molecule has 6 nitrogen and oxygen atoms in total. The Balaban J connectivity index is 1.39. The monoisotopic (exact) mass is 449 g/mol. The van der Waals surface area contributed by atoms with Crippen molar-refractivity contribution in [1.29, 1.82) is 0 Å². The Bertz CT molecular complexity index is 963. The predicted octanol–water partition coefficient (Wildman–Crippen LogP) is 3.64. The molecule has 2 aromatic rings. The number of nitrogens with zero attached hydrogens (tertiary/aromatic N) is 2. The van der Waals surface area contributed by atoms with Crippen molar-refractivity contribution in [3.63, 3.8) is 0 Å². The van der Waals surface area contributed by atoms with Crippen LogP contribution in [0.2, 0.25) is 0 Å². The molecule has 0 spiro atoms. The fraction of sp³-hybridized carbons (Fsp3) is 0.481. The van der Waals surface area contributed by atoms with Crippen molar-refractivity contribution < 1.29 is 14.3 Å². The summed E-state index contributed by atoms with van der Waals surface area (Å²) in [5.74, 6) is 1.22. The summed E-state index contributed by atoms with van der Waals surface area (Å²) < 4.78 is 5.26. The Morgan fingerprint density at radius 2 is 1.76 bits per heavy atom. The summed E-state index contributed by atoms with van der Waals surface area (Å²) in [6.07, 6.45) is 4.60. The molecule has 1 saturated heterocycles. The molecule has 1 saturated carbocycles. The maximum absolute atomic E-state index is 13.3. The van der Waals surface area contributed by atoms with E-state index in [4.69, 9.17) is 4.74 Å². The largest absolute Gasteiger partial charge is 0.497 e. The number of amides is 2. The van der Waals surface area contributed by atoms with Gasteiger partial charge < -0.3 is 15.0 Å². The summed E-state index contributed by atoms with van der Waals surface area (Å²) in [6, 6.07) is 15.5. The van der Waals surface area contributed by atoms with Gasteiger partial charge in [0.25, 0.3) is 5.91 Å². The van der Waals surface area contributed by atoms with E-state index < -0.39 is 0 Å². The predicted molar refractivity (Wildman–Crippen MR) is 129 cm³/mol. The molecule has 0 bridgehead atoms. The van der Waals surface area contributed by atoms with Crippen molar-refractivity contribution in [1.82, 2.24) is 15.1 Å². The third-order valence-corrected chi connectivity index (χ3v) is 6.98. The Morgan fingerprint density at radius 1 is 1.03 bits per heavy atom. The smallest absolute Gasteiger partial charge is 0.254 e. The van der Waals surface area contributed by atoms with E-state index in [2.05, 4.69) is 35.3 Å². The number of piperazine rings is 1. The third-order valence-electron chi connectivity index (χ3n) is 6.98. The van der Waals surface area contributed by atoms with Crippen LogP contribution in [0.5, 0.6) is 5.75 Å². The molecule has 1 atom stereocenters. The van der Waals surface area contributed by atoms with E-state index in [0.717, 1.165) is 31.5 Å². The second-order valence-electron chi connectivity index (χ2n) is 9.26. The lowest BCUT2D eigenvalue weighted by molar-refractivity contribution is -0.129. The molecule has 2 aromatic carbocycles. The third kappa shape index (κ3) is 5.74. The van der Waals surface area contributed by atoms with Gasteiger partial charge in [-0.3, -0.25) is 14.5 Å². The fourth-order valence-corrected chi connectivity index (χ4v) is 5.21. The fourth-order valence-electron chi connectivity index (χ4n) is 5.21. The molecule has 1 N–H and O–H groups in total. The highest BCUT2D eigenvalue weighted by molar-refractivity contribution is 5.94. The standard InChI is InChI=1S/C27H35N3O3/c1-20-7-5-8-21(17-20)19-28-26(31)25(22-9-3-4-10-22)29-13-15-30(16-14-29)27(32)23-11-6-12-24(18-23)33-2/h5-8,11-12,17-18,22,25H,3-4,9-10,13-16,19H2,1-2H3,(H,28,31)/t25-/m1/s1. The first kappa shape index (κ1) is 23.3. The second-order valence-corrected chi connectivity index (χ2v) is 9.26. The van der Waals surface area contributed by atoms with Gasteiger partial charge >= 0.3 is 0 Å². The molecule has 1 heterocycles. The number of aryl methyl sites for hydroxylation is 1. The molecule has 2 aliphatic rings. The SMILES string of the molecule is COc1cccc(C(=O)N2CCN([C@@H](C(=O)NCc3cccc(C)c3)C3CCCC3)CC2)c1. The molecule has 1 aliphatic carbocycles. The number of rotatable bonds is 7. The van der Waals surface area contributed by atoms with E-state index in [0.29, 0.717) is 36.9 Å². The molecule has 176 valence electrons. The van der Waals surface area contributed by atoms with Crippen LogP contribution in [0.3, 0.4) is 0 Å². The van der Waals surface area contributed by atoms with Gasteiger partial charge in [0, 0.05) is 38.3 Å². The summed E-state index contributed by atoms with van der Waals surface area (Å²) in [5, 5.41) is 3.20. The van der Waals surface area contributed by atoms with Crippen LogP contribution in [0.15, 0.2) is 48.5 Å². The molecule has 6 heteroatoms. The minimum atomic E-state index is -0.119. The maximum atomic E-state index is 13.3. The quantitative estimate of drug-likeness (QED) is 0.701. The summed E-state index contributed by atoms with van der Waals surface area (Å²) >= 11 is 0. The van der Waals surface area contributed by atoms with Gasteiger partial charge in [0.2, 0.25) is 5.91 Å². The second kappa shape index (κ2) is 10.8. The minimum absolute atomic E-state index is 0.0230. The van der Waals surface area contributed by atoms with Gasteiger partial charge in [-0.1, -0.05) is 48.7 Å². The van der Waals surface area contributed by atoms with Gasteiger partial charge in [0.1, 0.15) is 5.75 Å². The summed E-state index contributed by atoms with van der Waals surface area (Å²) in [7, 11) is 1.61. The van der Waals surface area contributed by atoms with Crippen molar-refractivity contribution in [3.8, 4) is 5.75 Å². The highest BCUT2D eigenvalue weighted by Crippen LogP contribution is 2.31. The van der Waals surface area contributed by atoms with Crippen LogP contribution >= 0.6 is 0 Å². The van der Waals surface area contributed by atoms with Gasteiger partial charge in [-0.25, -0.2) is 0 Å². The Hall–Kier alpha value is -2.86. The zero-order valence-corrected chi connectivity index (χ0v) is 19.8. The van der Waals surface area contributed by atoms with Crippen molar-refractivity contribution in [2.75, 3.05) is 33.3 Å². The molecule has 0 unspecified atom stereocenters. The number of nitrogens with one attached hydrogen (secondary N) is 1. The van der Waals surface area contributed by atoms with Crippen molar-refractivity contribution in [2.24, 2.45) is 5.92 Å². The van der Waals surface area contributed by atoms with Gasteiger partial charge in [-0.05, 0) is 49.4 Å². The van der Waals surface area contributed by atoms with Crippen LogP contribution in [0.1, 0.15) is 47.2 Å². The summed E-state index contributed by atoms with van der Waals surface area (Å²) in [5.41, 5.74) is 2.97. The molecule has 2 fully saturated rings. The lowest BCUT2D eigenvalue weighted by Gasteiger charge is -2.40. The first-order chi connectivity index (χ1) is 16.0. The van der Waals surface area contributed by atoms with E-state index in [1.54, 1.807) is 13.2 Å². The maximum Gasteiger partial charge on any atom is 0.254 e. The van der Waals surface area contributed by atoms with E-state index in [-0.39, 0.29) is 17.9 Å². The molecular weight excluding hydrogens is 414 g/mol. The van der Waals surface area contributed by atoms with Crippen LogP contribution in [-0.2, 0) is 11.3 Å². The number of ether oxygens (including phenoxy) is 1. The first-order valence-corrected chi connectivity index (χ1v) is 12.1. The number of methoxy groups -OCH3 is 1. The van der Waals surface area contributed by atoms with Crippen molar-refractivity contribution in [2.45, 2.75) is 45.2 Å². The molecule has 2 amide bonds. The molecular formula is C27H35N3O3. The topological polar surface area (TPSA) is 61.9 Å². The van der Waals surface area contributed by atoms with Gasteiger partial charge in [0.15, 0.2) is 0 Å².